The monoisotopic (exact) mass is 495 g/mol. The van der Waals surface area contributed by atoms with Gasteiger partial charge in [-0.3, -0.25) is 4.90 Å². The Balaban J connectivity index is 0.00000196. The Hall–Kier alpha value is -0.990. The van der Waals surface area contributed by atoms with Crippen molar-refractivity contribution in [1.82, 2.24) is 14.4 Å². The molecule has 6 nitrogen and oxygen atoms in total. The fourth-order valence-corrected chi connectivity index (χ4v) is 3.97. The zero-order chi connectivity index (χ0) is 18.8. The van der Waals surface area contributed by atoms with Gasteiger partial charge in [0, 0.05) is 50.9 Å². The number of methoxy groups -OCH3 is 1. The number of carbonyl (C=O) groups excluding carboxylic acids is 1. The minimum atomic E-state index is -0.272. The number of aryl methyl sites for hydroxylation is 1. The summed E-state index contributed by atoms with van der Waals surface area (Å²) in [5, 5.41) is 0.870. The van der Waals surface area contributed by atoms with E-state index >= 15 is 0 Å². The van der Waals surface area contributed by atoms with Crippen molar-refractivity contribution in [1.29, 1.82) is 0 Å². The van der Waals surface area contributed by atoms with Crippen LogP contribution in [-0.4, -0.2) is 67.3 Å². The van der Waals surface area contributed by atoms with E-state index in [-0.39, 0.29) is 30.8 Å². The number of benzene rings is 1. The highest BCUT2D eigenvalue weighted by Crippen LogP contribution is 2.35. The van der Waals surface area contributed by atoms with Crippen molar-refractivity contribution in [3.63, 3.8) is 0 Å². The van der Waals surface area contributed by atoms with Gasteiger partial charge in [0.25, 0.3) is 0 Å². The minimum Gasteiger partial charge on any atom is -0.496 e. The van der Waals surface area contributed by atoms with Gasteiger partial charge in [-0.15, -0.1) is 24.8 Å². The zero-order valence-corrected chi connectivity index (χ0v) is 19.9. The molecule has 1 saturated heterocycles. The van der Waals surface area contributed by atoms with Crippen molar-refractivity contribution in [3.05, 3.63) is 27.9 Å². The number of aromatic nitrogens is 1. The predicted molar refractivity (Wildman–Crippen MR) is 120 cm³/mol. The highest BCUT2D eigenvalue weighted by molar-refractivity contribution is 9.10. The van der Waals surface area contributed by atoms with Crippen LogP contribution in [0.3, 0.4) is 0 Å². The molecule has 0 saturated carbocycles. The molecule has 0 amide bonds. The third kappa shape index (κ3) is 4.94. The molecule has 0 aliphatic carbocycles. The number of rotatable bonds is 5. The van der Waals surface area contributed by atoms with Gasteiger partial charge in [0.2, 0.25) is 0 Å². The minimum absolute atomic E-state index is 0. The van der Waals surface area contributed by atoms with Crippen LogP contribution in [0.2, 0.25) is 0 Å². The number of ether oxygens (including phenoxy) is 2. The molecule has 9 heteroatoms. The second-order valence-electron chi connectivity index (χ2n) is 6.68. The van der Waals surface area contributed by atoms with Crippen molar-refractivity contribution in [2.75, 3.05) is 46.9 Å². The van der Waals surface area contributed by atoms with Gasteiger partial charge in [-0.25, -0.2) is 4.79 Å². The van der Waals surface area contributed by atoms with Crippen LogP contribution in [0.1, 0.15) is 23.0 Å². The largest absolute Gasteiger partial charge is 0.496 e. The Morgan fingerprint density at radius 1 is 1.14 bits per heavy atom. The van der Waals surface area contributed by atoms with E-state index in [0.717, 1.165) is 53.8 Å². The van der Waals surface area contributed by atoms with Crippen LogP contribution in [0.5, 0.6) is 5.75 Å². The summed E-state index contributed by atoms with van der Waals surface area (Å²) in [7, 11) is 5.78. The number of piperazine rings is 1. The SMILES string of the molecule is CCOC(=O)c1c(CN2CCN(C)CC2)n(C)c2cc(Br)c(OC)cc12.Cl.Cl. The van der Waals surface area contributed by atoms with Gasteiger partial charge >= 0.3 is 5.97 Å². The molecule has 0 radical (unpaired) electrons. The molecule has 3 rings (SSSR count). The quantitative estimate of drug-likeness (QED) is 0.590. The normalized spacial score (nSPS) is 15.0. The van der Waals surface area contributed by atoms with Crippen molar-refractivity contribution in [2.24, 2.45) is 7.05 Å². The molecule has 1 aliphatic heterocycles. The van der Waals surface area contributed by atoms with Gasteiger partial charge in [0.15, 0.2) is 0 Å². The van der Waals surface area contributed by atoms with E-state index in [1.165, 1.54) is 0 Å². The second-order valence-corrected chi connectivity index (χ2v) is 7.54. The van der Waals surface area contributed by atoms with Gasteiger partial charge in [0.05, 0.1) is 29.3 Å². The van der Waals surface area contributed by atoms with Crippen LogP contribution in [-0.2, 0) is 18.3 Å². The third-order valence-electron chi connectivity index (χ3n) is 5.04. The second kappa shape index (κ2) is 10.7. The summed E-state index contributed by atoms with van der Waals surface area (Å²) in [6, 6.07) is 3.92. The molecule has 2 heterocycles. The van der Waals surface area contributed by atoms with E-state index in [0.29, 0.717) is 17.9 Å². The van der Waals surface area contributed by atoms with Crippen LogP contribution >= 0.6 is 40.7 Å². The zero-order valence-electron chi connectivity index (χ0n) is 16.7. The molecule has 0 unspecified atom stereocenters. The summed E-state index contributed by atoms with van der Waals surface area (Å²) in [4.78, 5) is 17.5. The van der Waals surface area contributed by atoms with Gasteiger partial charge in [-0.2, -0.15) is 0 Å². The lowest BCUT2D eigenvalue weighted by Gasteiger charge is -2.32. The van der Waals surface area contributed by atoms with Gasteiger partial charge in [0.1, 0.15) is 5.75 Å². The summed E-state index contributed by atoms with van der Waals surface area (Å²) >= 11 is 3.55. The van der Waals surface area contributed by atoms with Crippen LogP contribution in [0, 0.1) is 0 Å². The molecule has 1 aromatic heterocycles. The van der Waals surface area contributed by atoms with Crippen molar-refractivity contribution in [2.45, 2.75) is 13.5 Å². The number of esters is 1. The number of carbonyl (C=O) groups is 1. The molecule has 0 atom stereocenters. The van der Waals surface area contributed by atoms with Crippen molar-refractivity contribution in [3.8, 4) is 5.75 Å². The maximum Gasteiger partial charge on any atom is 0.340 e. The number of halogens is 3. The molecule has 0 N–H and O–H groups in total. The molecule has 1 aliphatic rings. The predicted octanol–water partition coefficient (Wildman–Crippen LogP) is 3.72. The standard InChI is InChI=1S/C19H26BrN3O3.2ClH/c1-5-26-19(24)18-13-10-17(25-4)14(20)11-15(13)22(3)16(18)12-23-8-6-21(2)7-9-23;;/h10-11H,5-9,12H2,1-4H3;2*1H. The highest BCUT2D eigenvalue weighted by atomic mass is 79.9. The lowest BCUT2D eigenvalue weighted by atomic mass is 10.1. The Morgan fingerprint density at radius 2 is 1.79 bits per heavy atom. The lowest BCUT2D eigenvalue weighted by molar-refractivity contribution is 0.0524. The smallest absolute Gasteiger partial charge is 0.340 e. The van der Waals surface area contributed by atoms with Crippen LogP contribution < -0.4 is 4.74 Å². The molecule has 0 spiro atoms. The molecule has 1 aromatic carbocycles. The molecule has 0 bridgehead atoms. The number of likely N-dealkylation sites (N-methyl/N-ethyl adjacent to an activating group) is 1. The summed E-state index contributed by atoms with van der Waals surface area (Å²) < 4.78 is 13.8. The van der Waals surface area contributed by atoms with Crippen molar-refractivity contribution >= 4 is 57.6 Å². The molecule has 28 heavy (non-hydrogen) atoms. The van der Waals surface area contributed by atoms with E-state index in [4.69, 9.17) is 9.47 Å². The first-order chi connectivity index (χ1) is 12.5. The van der Waals surface area contributed by atoms with E-state index in [9.17, 15) is 4.79 Å². The number of fused-ring (bicyclic) bond motifs is 1. The lowest BCUT2D eigenvalue weighted by Crippen LogP contribution is -2.44. The summed E-state index contributed by atoms with van der Waals surface area (Å²) in [5.41, 5.74) is 2.63. The Morgan fingerprint density at radius 3 is 2.36 bits per heavy atom. The summed E-state index contributed by atoms with van der Waals surface area (Å²) in [6.45, 7) is 6.99. The average molecular weight is 497 g/mol. The Bertz CT molecular complexity index is 821. The maximum absolute atomic E-state index is 12.8. The summed E-state index contributed by atoms with van der Waals surface area (Å²) in [6.07, 6.45) is 0. The van der Waals surface area contributed by atoms with Gasteiger partial charge in [-0.05, 0) is 42.0 Å². The van der Waals surface area contributed by atoms with E-state index in [2.05, 4.69) is 37.3 Å². The Labute approximate surface area is 187 Å². The van der Waals surface area contributed by atoms with E-state index in [1.54, 1.807) is 7.11 Å². The van der Waals surface area contributed by atoms with E-state index < -0.39 is 0 Å². The highest BCUT2D eigenvalue weighted by Gasteiger charge is 2.26. The molecular formula is C19H28BrCl2N3O3. The first-order valence-corrected chi connectivity index (χ1v) is 9.68. The maximum atomic E-state index is 12.8. The summed E-state index contributed by atoms with van der Waals surface area (Å²) in [5.74, 6) is 0.436. The average Bonchev–Trinajstić information content (AvgIpc) is 2.88. The fourth-order valence-electron chi connectivity index (χ4n) is 3.48. The Kier molecular flexibility index (Phi) is 9.56. The van der Waals surface area contributed by atoms with Crippen molar-refractivity contribution < 1.29 is 14.3 Å². The first-order valence-electron chi connectivity index (χ1n) is 8.89. The topological polar surface area (TPSA) is 46.9 Å². The first kappa shape index (κ1) is 25.0. The van der Waals surface area contributed by atoms with Gasteiger partial charge < -0.3 is 18.9 Å². The molecular weight excluding hydrogens is 469 g/mol. The molecule has 158 valence electrons. The van der Waals surface area contributed by atoms with E-state index in [1.807, 2.05) is 26.1 Å². The fraction of sp³-hybridized carbons (Fsp3) is 0.526. The third-order valence-corrected chi connectivity index (χ3v) is 5.66. The van der Waals surface area contributed by atoms with Crippen LogP contribution in [0.4, 0.5) is 0 Å². The number of hydrogen-bond acceptors (Lipinski definition) is 5. The van der Waals surface area contributed by atoms with Crippen LogP contribution in [0.15, 0.2) is 16.6 Å². The molecule has 2 aromatic rings. The molecule has 1 fully saturated rings. The number of nitrogens with zero attached hydrogens (tertiary/aromatic N) is 3. The van der Waals surface area contributed by atoms with Gasteiger partial charge in [-0.1, -0.05) is 0 Å². The number of hydrogen-bond donors (Lipinski definition) is 0. The van der Waals surface area contributed by atoms with Crippen LogP contribution in [0.25, 0.3) is 10.9 Å².